The topological polar surface area (TPSA) is 80.0 Å². The fraction of sp³-hybridized carbons (Fsp3) is 0.231. The van der Waals surface area contributed by atoms with Crippen LogP contribution in [0, 0.1) is 0 Å². The molecule has 3 aromatic rings. The fourth-order valence-corrected chi connectivity index (χ4v) is 3.84. The van der Waals surface area contributed by atoms with E-state index < -0.39 is 17.7 Å². The zero-order chi connectivity index (χ0) is 23.0. The van der Waals surface area contributed by atoms with Gasteiger partial charge in [-0.1, -0.05) is 32.9 Å². The molecule has 1 fully saturated rings. The van der Waals surface area contributed by atoms with Crippen molar-refractivity contribution in [1.82, 2.24) is 0 Å². The van der Waals surface area contributed by atoms with Gasteiger partial charge in [-0.3, -0.25) is 14.5 Å². The highest BCUT2D eigenvalue weighted by Crippen LogP contribution is 2.42. The summed E-state index contributed by atoms with van der Waals surface area (Å²) in [4.78, 5) is 27.6. The number of nitrogens with zero attached hydrogens (tertiary/aromatic N) is 1. The van der Waals surface area contributed by atoms with Gasteiger partial charge in [0.25, 0.3) is 11.7 Å². The molecule has 0 spiro atoms. The number of amides is 1. The van der Waals surface area contributed by atoms with E-state index in [1.165, 1.54) is 11.2 Å². The molecule has 6 nitrogen and oxygen atoms in total. The maximum Gasteiger partial charge on any atom is 0.300 e. The Morgan fingerprint density at radius 3 is 2.19 bits per heavy atom. The van der Waals surface area contributed by atoms with Crippen LogP contribution in [0.25, 0.3) is 5.76 Å². The Bertz CT molecular complexity index is 1170. The van der Waals surface area contributed by atoms with Crippen molar-refractivity contribution >= 4 is 23.1 Å². The number of ether oxygens (including phenoxy) is 1. The van der Waals surface area contributed by atoms with Gasteiger partial charge < -0.3 is 14.3 Å². The molecule has 164 valence electrons. The number of aliphatic hydroxyl groups is 1. The van der Waals surface area contributed by atoms with Crippen molar-refractivity contribution in [3.05, 3.63) is 89.4 Å². The Labute approximate surface area is 186 Å². The minimum atomic E-state index is -0.882. The van der Waals surface area contributed by atoms with E-state index in [0.717, 1.165) is 5.56 Å². The molecule has 0 radical (unpaired) electrons. The van der Waals surface area contributed by atoms with Crippen LogP contribution < -0.4 is 9.64 Å². The van der Waals surface area contributed by atoms with Crippen LogP contribution in [0.2, 0.25) is 0 Å². The van der Waals surface area contributed by atoms with Crippen LogP contribution in [0.4, 0.5) is 5.69 Å². The molecule has 32 heavy (non-hydrogen) atoms. The van der Waals surface area contributed by atoms with E-state index in [4.69, 9.17) is 9.15 Å². The Balaban J connectivity index is 1.84. The monoisotopic (exact) mass is 431 g/mol. The van der Waals surface area contributed by atoms with Crippen molar-refractivity contribution in [3.8, 4) is 5.75 Å². The SMILES string of the molecule is COc1ccc(/C(O)=C2/C(=O)C(=O)N(c3ccc(C(C)(C)C)cc3)C2c2ccco2)cc1. The first kappa shape index (κ1) is 21.4. The Kier molecular flexibility index (Phi) is 5.38. The van der Waals surface area contributed by atoms with Gasteiger partial charge in [-0.15, -0.1) is 0 Å². The molecule has 1 aliphatic heterocycles. The average molecular weight is 431 g/mol. The maximum atomic E-state index is 13.1. The molecule has 1 unspecified atom stereocenters. The summed E-state index contributed by atoms with van der Waals surface area (Å²) in [6.45, 7) is 6.31. The molecular weight excluding hydrogens is 406 g/mol. The molecule has 6 heteroatoms. The second-order valence-electron chi connectivity index (χ2n) is 8.71. The van der Waals surface area contributed by atoms with Crippen LogP contribution in [-0.2, 0) is 15.0 Å². The van der Waals surface area contributed by atoms with Crippen LogP contribution in [0.5, 0.6) is 5.75 Å². The van der Waals surface area contributed by atoms with Crippen molar-refractivity contribution in [2.24, 2.45) is 0 Å². The quantitative estimate of drug-likeness (QED) is 0.348. The summed E-state index contributed by atoms with van der Waals surface area (Å²) in [7, 11) is 1.54. The standard InChI is InChI=1S/C26H25NO5/c1-26(2,3)17-9-11-18(12-10-17)27-22(20-6-5-15-32-20)21(24(29)25(27)30)23(28)16-7-13-19(31-4)14-8-16/h5-15,22,28H,1-4H3/b23-21-. The molecule has 1 N–H and O–H groups in total. The predicted octanol–water partition coefficient (Wildman–Crippen LogP) is 5.21. The molecule has 1 aliphatic rings. The summed E-state index contributed by atoms with van der Waals surface area (Å²) < 4.78 is 10.7. The number of furan rings is 1. The lowest BCUT2D eigenvalue weighted by Crippen LogP contribution is -2.29. The largest absolute Gasteiger partial charge is 0.507 e. The van der Waals surface area contributed by atoms with Crippen molar-refractivity contribution < 1.29 is 23.8 Å². The molecule has 1 atom stereocenters. The van der Waals surface area contributed by atoms with Crippen molar-refractivity contribution in [2.75, 3.05) is 12.0 Å². The van der Waals surface area contributed by atoms with Gasteiger partial charge >= 0.3 is 0 Å². The number of benzene rings is 2. The normalized spacial score (nSPS) is 18.2. The Hall–Kier alpha value is -3.80. The number of carbonyl (C=O) groups is 2. The van der Waals surface area contributed by atoms with E-state index in [1.54, 1.807) is 43.5 Å². The van der Waals surface area contributed by atoms with E-state index >= 15 is 0 Å². The second-order valence-corrected chi connectivity index (χ2v) is 8.71. The number of anilines is 1. The number of rotatable bonds is 4. The van der Waals surface area contributed by atoms with Gasteiger partial charge in [-0.25, -0.2) is 0 Å². The Morgan fingerprint density at radius 1 is 1.00 bits per heavy atom. The van der Waals surface area contributed by atoms with E-state index in [-0.39, 0.29) is 16.7 Å². The van der Waals surface area contributed by atoms with E-state index in [2.05, 4.69) is 20.8 Å². The van der Waals surface area contributed by atoms with Crippen LogP contribution in [0.3, 0.4) is 0 Å². The molecule has 0 bridgehead atoms. The molecule has 1 amide bonds. The molecule has 2 heterocycles. The highest BCUT2D eigenvalue weighted by Gasteiger charge is 2.48. The zero-order valence-corrected chi connectivity index (χ0v) is 18.5. The smallest absolute Gasteiger partial charge is 0.300 e. The van der Waals surface area contributed by atoms with E-state index in [1.807, 2.05) is 24.3 Å². The first-order valence-electron chi connectivity index (χ1n) is 10.3. The number of carbonyl (C=O) groups excluding carboxylic acids is 2. The summed E-state index contributed by atoms with van der Waals surface area (Å²) in [6.07, 6.45) is 1.48. The van der Waals surface area contributed by atoms with Crippen molar-refractivity contribution in [3.63, 3.8) is 0 Å². The van der Waals surface area contributed by atoms with Crippen LogP contribution in [0.15, 0.2) is 76.9 Å². The highest BCUT2D eigenvalue weighted by atomic mass is 16.5. The van der Waals surface area contributed by atoms with Gasteiger partial charge in [-0.05, 0) is 59.5 Å². The van der Waals surface area contributed by atoms with Crippen LogP contribution in [0.1, 0.15) is 43.7 Å². The first-order valence-corrected chi connectivity index (χ1v) is 10.3. The number of ketones is 1. The van der Waals surface area contributed by atoms with Gasteiger partial charge in [0.1, 0.15) is 23.3 Å². The van der Waals surface area contributed by atoms with Crippen LogP contribution >= 0.6 is 0 Å². The fourth-order valence-electron chi connectivity index (χ4n) is 3.84. The molecular formula is C26H25NO5. The van der Waals surface area contributed by atoms with Gasteiger partial charge in [0, 0.05) is 11.3 Å². The van der Waals surface area contributed by atoms with Gasteiger partial charge in [-0.2, -0.15) is 0 Å². The first-order chi connectivity index (χ1) is 15.2. The van der Waals surface area contributed by atoms with Crippen molar-refractivity contribution in [1.29, 1.82) is 0 Å². The summed E-state index contributed by atoms with van der Waals surface area (Å²) in [5.41, 5.74) is 1.99. The number of hydrogen-bond acceptors (Lipinski definition) is 5. The lowest BCUT2D eigenvalue weighted by molar-refractivity contribution is -0.132. The Morgan fingerprint density at radius 2 is 1.66 bits per heavy atom. The summed E-state index contributed by atoms with van der Waals surface area (Å²) in [5, 5.41) is 11.1. The number of aliphatic hydroxyl groups excluding tert-OH is 1. The lowest BCUT2D eigenvalue weighted by Gasteiger charge is -2.25. The average Bonchev–Trinajstić information content (AvgIpc) is 3.40. The summed E-state index contributed by atoms with van der Waals surface area (Å²) in [5.74, 6) is -0.742. The predicted molar refractivity (Wildman–Crippen MR) is 122 cm³/mol. The van der Waals surface area contributed by atoms with E-state index in [0.29, 0.717) is 22.8 Å². The minimum absolute atomic E-state index is 0.0185. The minimum Gasteiger partial charge on any atom is -0.507 e. The highest BCUT2D eigenvalue weighted by molar-refractivity contribution is 6.51. The molecule has 1 aromatic heterocycles. The van der Waals surface area contributed by atoms with E-state index in [9.17, 15) is 14.7 Å². The number of hydrogen-bond donors (Lipinski definition) is 1. The van der Waals surface area contributed by atoms with Gasteiger partial charge in [0.2, 0.25) is 0 Å². The van der Waals surface area contributed by atoms with Gasteiger partial charge in [0.05, 0.1) is 18.9 Å². The third-order valence-corrected chi connectivity index (χ3v) is 5.63. The molecule has 4 rings (SSSR count). The molecule has 2 aromatic carbocycles. The third-order valence-electron chi connectivity index (χ3n) is 5.63. The molecule has 0 aliphatic carbocycles. The number of Topliss-reactive ketones (excluding diaryl/α,β-unsaturated/α-hetero) is 1. The summed E-state index contributed by atoms with van der Waals surface area (Å²) in [6, 6.07) is 16.6. The molecule has 0 saturated carbocycles. The third kappa shape index (κ3) is 3.68. The van der Waals surface area contributed by atoms with Crippen molar-refractivity contribution in [2.45, 2.75) is 32.2 Å². The second kappa shape index (κ2) is 8.04. The zero-order valence-electron chi connectivity index (χ0n) is 18.5. The van der Waals surface area contributed by atoms with Crippen LogP contribution in [-0.4, -0.2) is 23.9 Å². The van der Waals surface area contributed by atoms with Gasteiger partial charge in [0.15, 0.2) is 0 Å². The summed E-state index contributed by atoms with van der Waals surface area (Å²) >= 11 is 0. The maximum absolute atomic E-state index is 13.1. The number of methoxy groups -OCH3 is 1. The molecule has 1 saturated heterocycles. The lowest BCUT2D eigenvalue weighted by atomic mass is 9.87.